The maximum atomic E-state index is 13.6. The van der Waals surface area contributed by atoms with Crippen LogP contribution in [0.2, 0.25) is 0 Å². The molecule has 22 heavy (non-hydrogen) atoms. The molecule has 112 valence electrons. The van der Waals surface area contributed by atoms with Crippen molar-refractivity contribution in [3.05, 3.63) is 59.9 Å². The molecule has 0 unspecified atom stereocenters. The second-order valence-electron chi connectivity index (χ2n) is 4.20. The van der Waals surface area contributed by atoms with E-state index in [0.717, 1.165) is 23.1 Å². The van der Waals surface area contributed by atoms with E-state index < -0.39 is 17.5 Å². The predicted octanol–water partition coefficient (Wildman–Crippen LogP) is 2.05. The molecular formula is C13H8F3N5O. The highest BCUT2D eigenvalue weighted by Crippen LogP contribution is 2.15. The van der Waals surface area contributed by atoms with Crippen molar-refractivity contribution in [2.45, 2.75) is 6.61 Å². The lowest BCUT2D eigenvalue weighted by atomic mass is 10.3. The van der Waals surface area contributed by atoms with Crippen LogP contribution in [0.25, 0.3) is 5.69 Å². The summed E-state index contributed by atoms with van der Waals surface area (Å²) in [5, 5.41) is 7.46. The molecule has 0 atom stereocenters. The van der Waals surface area contributed by atoms with Crippen LogP contribution in [0, 0.1) is 17.5 Å². The highest BCUT2D eigenvalue weighted by atomic mass is 19.2. The van der Waals surface area contributed by atoms with Crippen molar-refractivity contribution in [2.24, 2.45) is 0 Å². The van der Waals surface area contributed by atoms with Gasteiger partial charge in [0, 0.05) is 0 Å². The lowest BCUT2D eigenvalue weighted by molar-refractivity contribution is 0.274. The molecular weight excluding hydrogens is 299 g/mol. The Bertz CT molecular complexity index is 791. The fourth-order valence-electron chi connectivity index (χ4n) is 1.67. The molecule has 0 fully saturated rings. The molecule has 0 spiro atoms. The SMILES string of the molecule is Fc1cnc(OCc2cn(-c3cccc(F)c3F)nn2)nc1. The van der Waals surface area contributed by atoms with Crippen LogP contribution in [-0.2, 0) is 6.61 Å². The Morgan fingerprint density at radius 3 is 2.64 bits per heavy atom. The normalized spacial score (nSPS) is 10.7. The highest BCUT2D eigenvalue weighted by molar-refractivity contribution is 5.33. The number of hydrogen-bond acceptors (Lipinski definition) is 5. The number of nitrogens with zero attached hydrogens (tertiary/aromatic N) is 5. The zero-order chi connectivity index (χ0) is 15.5. The standard InChI is InChI=1S/C13H8F3N5O/c14-8-4-17-13(18-5-8)22-7-9-6-21(20-19-9)11-3-1-2-10(15)12(11)16/h1-6H,7H2. The summed E-state index contributed by atoms with van der Waals surface area (Å²) in [5.74, 6) is -2.59. The predicted molar refractivity (Wildman–Crippen MR) is 67.6 cm³/mol. The van der Waals surface area contributed by atoms with E-state index in [1.165, 1.54) is 18.3 Å². The van der Waals surface area contributed by atoms with Crippen LogP contribution in [0.5, 0.6) is 6.01 Å². The van der Waals surface area contributed by atoms with Gasteiger partial charge in [-0.05, 0) is 12.1 Å². The van der Waals surface area contributed by atoms with Crippen molar-refractivity contribution in [2.75, 3.05) is 0 Å². The van der Waals surface area contributed by atoms with E-state index in [-0.39, 0.29) is 18.3 Å². The third-order valence-corrected chi connectivity index (χ3v) is 2.66. The van der Waals surface area contributed by atoms with Crippen molar-refractivity contribution in [3.63, 3.8) is 0 Å². The van der Waals surface area contributed by atoms with E-state index in [1.807, 2.05) is 0 Å². The fraction of sp³-hybridized carbons (Fsp3) is 0.0769. The molecule has 2 heterocycles. The van der Waals surface area contributed by atoms with Gasteiger partial charge in [-0.1, -0.05) is 11.3 Å². The first-order chi connectivity index (χ1) is 10.6. The van der Waals surface area contributed by atoms with Gasteiger partial charge in [-0.2, -0.15) is 0 Å². The molecule has 1 aromatic carbocycles. The Labute approximate surface area is 122 Å². The summed E-state index contributed by atoms with van der Waals surface area (Å²) >= 11 is 0. The number of aromatic nitrogens is 5. The molecule has 0 radical (unpaired) electrons. The highest BCUT2D eigenvalue weighted by Gasteiger charge is 2.12. The average molecular weight is 307 g/mol. The van der Waals surface area contributed by atoms with Gasteiger partial charge in [0.1, 0.15) is 18.0 Å². The number of rotatable bonds is 4. The first-order valence-corrected chi connectivity index (χ1v) is 6.09. The van der Waals surface area contributed by atoms with Gasteiger partial charge in [0.05, 0.1) is 18.6 Å². The van der Waals surface area contributed by atoms with Crippen LogP contribution < -0.4 is 4.74 Å². The summed E-state index contributed by atoms with van der Waals surface area (Å²) in [4.78, 5) is 7.22. The van der Waals surface area contributed by atoms with Gasteiger partial charge in [-0.3, -0.25) is 0 Å². The van der Waals surface area contributed by atoms with Crippen LogP contribution in [0.3, 0.4) is 0 Å². The van der Waals surface area contributed by atoms with E-state index in [9.17, 15) is 13.2 Å². The molecule has 9 heteroatoms. The van der Waals surface area contributed by atoms with Gasteiger partial charge < -0.3 is 4.74 Å². The van der Waals surface area contributed by atoms with E-state index >= 15 is 0 Å². The van der Waals surface area contributed by atoms with Crippen molar-refractivity contribution >= 4 is 0 Å². The van der Waals surface area contributed by atoms with Gasteiger partial charge in [-0.25, -0.2) is 27.8 Å². The molecule has 0 amide bonds. The fourth-order valence-corrected chi connectivity index (χ4v) is 1.67. The van der Waals surface area contributed by atoms with Gasteiger partial charge in [0.15, 0.2) is 17.5 Å². The molecule has 0 aliphatic rings. The summed E-state index contributed by atoms with van der Waals surface area (Å²) < 4.78 is 45.7. The Balaban J connectivity index is 1.74. The summed E-state index contributed by atoms with van der Waals surface area (Å²) in [5.41, 5.74) is 0.272. The van der Waals surface area contributed by atoms with Gasteiger partial charge in [0.2, 0.25) is 0 Å². The molecule has 3 rings (SSSR count). The summed E-state index contributed by atoms with van der Waals surface area (Å²) in [6, 6.07) is 3.69. The third-order valence-electron chi connectivity index (χ3n) is 2.66. The monoisotopic (exact) mass is 307 g/mol. The summed E-state index contributed by atoms with van der Waals surface area (Å²) in [6.45, 7) is -0.0530. The van der Waals surface area contributed by atoms with E-state index in [4.69, 9.17) is 4.74 Å². The lowest BCUT2D eigenvalue weighted by Gasteiger charge is -2.02. The van der Waals surface area contributed by atoms with Gasteiger partial charge >= 0.3 is 6.01 Å². The average Bonchev–Trinajstić information content (AvgIpc) is 2.98. The molecule has 0 saturated heterocycles. The second kappa shape index (κ2) is 5.80. The van der Waals surface area contributed by atoms with E-state index in [2.05, 4.69) is 20.3 Å². The Hall–Kier alpha value is -2.97. The molecule has 2 aromatic heterocycles. The summed E-state index contributed by atoms with van der Waals surface area (Å²) in [7, 11) is 0. The molecule has 0 N–H and O–H groups in total. The van der Waals surface area contributed by atoms with Crippen molar-refractivity contribution < 1.29 is 17.9 Å². The number of ether oxygens (including phenoxy) is 1. The number of hydrogen-bond donors (Lipinski definition) is 0. The van der Waals surface area contributed by atoms with Crippen molar-refractivity contribution in [3.8, 4) is 11.7 Å². The van der Waals surface area contributed by atoms with Crippen LogP contribution in [0.1, 0.15) is 5.69 Å². The van der Waals surface area contributed by atoms with Crippen molar-refractivity contribution in [1.82, 2.24) is 25.0 Å². The first kappa shape index (κ1) is 14.0. The van der Waals surface area contributed by atoms with E-state index in [0.29, 0.717) is 5.69 Å². The van der Waals surface area contributed by atoms with Crippen LogP contribution in [0.4, 0.5) is 13.2 Å². The Morgan fingerprint density at radius 2 is 1.86 bits per heavy atom. The minimum absolute atomic E-state index is 0.0344. The van der Waals surface area contributed by atoms with Gasteiger partial charge in [-0.15, -0.1) is 5.10 Å². The minimum Gasteiger partial charge on any atom is -0.457 e. The quantitative estimate of drug-likeness (QED) is 0.738. The zero-order valence-corrected chi connectivity index (χ0v) is 10.9. The second-order valence-corrected chi connectivity index (χ2v) is 4.20. The molecule has 0 bridgehead atoms. The van der Waals surface area contributed by atoms with Gasteiger partial charge in [0.25, 0.3) is 0 Å². The smallest absolute Gasteiger partial charge is 0.316 e. The Morgan fingerprint density at radius 1 is 1.09 bits per heavy atom. The first-order valence-electron chi connectivity index (χ1n) is 6.09. The van der Waals surface area contributed by atoms with E-state index in [1.54, 1.807) is 0 Å². The van der Waals surface area contributed by atoms with Crippen molar-refractivity contribution in [1.29, 1.82) is 0 Å². The van der Waals surface area contributed by atoms with Crippen LogP contribution >= 0.6 is 0 Å². The molecule has 0 aliphatic heterocycles. The molecule has 3 aromatic rings. The third kappa shape index (κ3) is 2.87. The molecule has 0 aliphatic carbocycles. The summed E-state index contributed by atoms with van der Waals surface area (Å²) in [6.07, 6.45) is 3.30. The molecule has 6 nitrogen and oxygen atoms in total. The lowest BCUT2D eigenvalue weighted by Crippen LogP contribution is -2.01. The molecule has 0 saturated carbocycles. The number of halogens is 3. The number of benzene rings is 1. The maximum absolute atomic E-state index is 13.6. The Kier molecular flexibility index (Phi) is 3.69. The van der Waals surface area contributed by atoms with Crippen LogP contribution in [-0.4, -0.2) is 25.0 Å². The zero-order valence-electron chi connectivity index (χ0n) is 10.9. The maximum Gasteiger partial charge on any atom is 0.316 e. The topological polar surface area (TPSA) is 65.7 Å². The van der Waals surface area contributed by atoms with Crippen LogP contribution in [0.15, 0.2) is 36.8 Å². The minimum atomic E-state index is -1.03. The largest absolute Gasteiger partial charge is 0.457 e.